The van der Waals surface area contributed by atoms with Crippen LogP contribution in [-0.2, 0) is 25.6 Å². The molecule has 0 bridgehead atoms. The van der Waals surface area contributed by atoms with Gasteiger partial charge in [-0.05, 0) is 25.3 Å². The van der Waals surface area contributed by atoms with Crippen molar-refractivity contribution < 1.29 is 29.4 Å². The topological polar surface area (TPSA) is 186 Å². The summed E-state index contributed by atoms with van der Waals surface area (Å²) in [6.07, 6.45) is 4.91. The van der Waals surface area contributed by atoms with E-state index in [1.165, 1.54) is 12.5 Å². The van der Waals surface area contributed by atoms with Crippen molar-refractivity contribution >= 4 is 23.7 Å². The van der Waals surface area contributed by atoms with Gasteiger partial charge in [0, 0.05) is 18.3 Å². The van der Waals surface area contributed by atoms with Gasteiger partial charge in [0.2, 0.25) is 17.7 Å². The van der Waals surface area contributed by atoms with Gasteiger partial charge in [-0.15, -0.1) is 0 Å². The minimum atomic E-state index is -1.38. The van der Waals surface area contributed by atoms with Crippen LogP contribution in [0.5, 0.6) is 0 Å². The van der Waals surface area contributed by atoms with Gasteiger partial charge in [-0.25, -0.2) is 9.78 Å². The number of carbonyl (C=O) groups excluding carboxylic acids is 3. The normalized spacial score (nSPS) is 19.4. The maximum Gasteiger partial charge on any atom is 0.326 e. The molecule has 0 radical (unpaired) electrons. The van der Waals surface area contributed by atoms with E-state index < -0.39 is 42.5 Å². The van der Waals surface area contributed by atoms with Gasteiger partial charge < -0.3 is 36.5 Å². The molecule has 2 heterocycles. The number of carbonyl (C=O) groups is 4. The molecule has 1 aliphatic rings. The Hall–Kier alpha value is -2.99. The number of aromatic nitrogens is 2. The Labute approximate surface area is 185 Å². The first-order valence-corrected chi connectivity index (χ1v) is 10.7. The van der Waals surface area contributed by atoms with Crippen molar-refractivity contribution in [2.75, 3.05) is 13.2 Å². The molecule has 0 aliphatic carbocycles. The number of carboxylic acid groups (broad SMARTS) is 1. The van der Waals surface area contributed by atoms with Crippen molar-refractivity contribution in [3.05, 3.63) is 18.2 Å². The number of amides is 3. The lowest BCUT2D eigenvalue weighted by molar-refractivity contribution is -0.142. The fraction of sp³-hybridized carbons (Fsp3) is 0.650. The molecule has 12 nitrogen and oxygen atoms in total. The first kappa shape index (κ1) is 25.3. The molecule has 0 saturated carbocycles. The summed E-state index contributed by atoms with van der Waals surface area (Å²) in [7, 11) is 0. The Morgan fingerprint density at radius 3 is 2.44 bits per heavy atom. The lowest BCUT2D eigenvalue weighted by Crippen LogP contribution is -2.59. The van der Waals surface area contributed by atoms with Crippen molar-refractivity contribution in [2.45, 2.75) is 63.7 Å². The summed E-state index contributed by atoms with van der Waals surface area (Å²) in [6, 6.07) is -3.94. The van der Waals surface area contributed by atoms with Crippen LogP contribution in [-0.4, -0.2) is 81.2 Å². The van der Waals surface area contributed by atoms with Gasteiger partial charge in [0.25, 0.3) is 0 Å². The van der Waals surface area contributed by atoms with Crippen LogP contribution in [0.25, 0.3) is 0 Å². The van der Waals surface area contributed by atoms with Gasteiger partial charge >= 0.3 is 5.97 Å². The second-order valence-electron chi connectivity index (χ2n) is 7.94. The zero-order chi connectivity index (χ0) is 23.7. The van der Waals surface area contributed by atoms with Crippen molar-refractivity contribution in [3.63, 3.8) is 0 Å². The van der Waals surface area contributed by atoms with Crippen molar-refractivity contribution in [1.29, 1.82) is 0 Å². The zero-order valence-corrected chi connectivity index (χ0v) is 18.3. The molecule has 178 valence electrons. The highest BCUT2D eigenvalue weighted by Gasteiger charge is 2.33. The fourth-order valence-electron chi connectivity index (χ4n) is 3.41. The van der Waals surface area contributed by atoms with Crippen LogP contribution in [0, 0.1) is 5.92 Å². The van der Waals surface area contributed by atoms with E-state index in [0.29, 0.717) is 18.5 Å². The fourth-order valence-corrected chi connectivity index (χ4v) is 3.41. The molecule has 1 aromatic heterocycles. The molecule has 12 heteroatoms. The first-order valence-electron chi connectivity index (χ1n) is 10.7. The number of aromatic amines is 1. The molecular weight excluding hydrogens is 420 g/mol. The van der Waals surface area contributed by atoms with E-state index in [1.54, 1.807) is 6.92 Å². The van der Waals surface area contributed by atoms with Crippen LogP contribution in [0.1, 0.15) is 38.8 Å². The smallest absolute Gasteiger partial charge is 0.326 e. The molecule has 0 spiro atoms. The number of nitrogens with one attached hydrogen (secondary N) is 5. The van der Waals surface area contributed by atoms with Crippen molar-refractivity contribution in [1.82, 2.24) is 31.2 Å². The highest BCUT2D eigenvalue weighted by atomic mass is 16.4. The van der Waals surface area contributed by atoms with E-state index in [-0.39, 0.29) is 24.3 Å². The third-order valence-corrected chi connectivity index (χ3v) is 5.58. The molecule has 5 unspecified atom stereocenters. The Kier molecular flexibility index (Phi) is 9.60. The summed E-state index contributed by atoms with van der Waals surface area (Å²) in [4.78, 5) is 56.0. The number of nitrogens with zero attached hydrogens (tertiary/aromatic N) is 1. The minimum Gasteiger partial charge on any atom is -0.480 e. The molecule has 5 atom stereocenters. The standard InChI is InChI=1S/C20H32N6O6/c1-3-11(2)16(26-17(28)13-5-4-6-22-13)19(30)25-15(9-27)18(29)24-14(20(31)32)7-12-8-21-10-23-12/h8,10-11,13-16,22,27H,3-7,9H2,1-2H3,(H,21,23)(H,24,29)(H,25,30)(H,26,28)(H,31,32). The van der Waals surface area contributed by atoms with Gasteiger partial charge in [0.15, 0.2) is 0 Å². The van der Waals surface area contributed by atoms with E-state index in [9.17, 15) is 29.4 Å². The van der Waals surface area contributed by atoms with E-state index in [2.05, 4.69) is 31.2 Å². The van der Waals surface area contributed by atoms with E-state index in [0.717, 1.165) is 13.0 Å². The molecule has 0 aromatic carbocycles. The minimum absolute atomic E-state index is 0.0485. The number of hydrogen-bond donors (Lipinski definition) is 7. The Balaban J connectivity index is 2.02. The lowest BCUT2D eigenvalue weighted by Gasteiger charge is -2.27. The number of aliphatic hydroxyl groups is 1. The van der Waals surface area contributed by atoms with Crippen LogP contribution >= 0.6 is 0 Å². The van der Waals surface area contributed by atoms with Crippen LogP contribution in [0.4, 0.5) is 0 Å². The maximum atomic E-state index is 12.9. The first-order chi connectivity index (χ1) is 15.3. The monoisotopic (exact) mass is 452 g/mol. The second-order valence-corrected chi connectivity index (χ2v) is 7.94. The van der Waals surface area contributed by atoms with E-state index in [1.807, 2.05) is 6.92 Å². The van der Waals surface area contributed by atoms with Crippen LogP contribution < -0.4 is 21.3 Å². The van der Waals surface area contributed by atoms with Crippen LogP contribution in [0.15, 0.2) is 12.5 Å². The lowest BCUT2D eigenvalue weighted by atomic mass is 9.97. The molecule has 7 N–H and O–H groups in total. The summed E-state index contributed by atoms with van der Waals surface area (Å²) in [6.45, 7) is 3.66. The number of aliphatic hydroxyl groups excluding tert-OH is 1. The molecule has 2 rings (SSSR count). The Morgan fingerprint density at radius 2 is 1.91 bits per heavy atom. The molecule has 32 heavy (non-hydrogen) atoms. The predicted octanol–water partition coefficient (Wildman–Crippen LogP) is -1.72. The SMILES string of the molecule is CCC(C)C(NC(=O)C1CCCN1)C(=O)NC(CO)C(=O)NC(Cc1cnc[nH]1)C(=O)O. The number of hydrogen-bond acceptors (Lipinski definition) is 7. The number of H-pyrrole nitrogens is 1. The van der Waals surface area contributed by atoms with Crippen LogP contribution in [0.2, 0.25) is 0 Å². The average Bonchev–Trinajstić information content (AvgIpc) is 3.48. The van der Waals surface area contributed by atoms with Crippen molar-refractivity contribution in [3.8, 4) is 0 Å². The molecule has 1 aliphatic heterocycles. The summed E-state index contributed by atoms with van der Waals surface area (Å²) in [5, 5.41) is 29.6. The van der Waals surface area contributed by atoms with Crippen LogP contribution in [0.3, 0.4) is 0 Å². The van der Waals surface area contributed by atoms with Gasteiger partial charge in [-0.3, -0.25) is 14.4 Å². The Bertz CT molecular complexity index is 780. The third-order valence-electron chi connectivity index (χ3n) is 5.58. The molecule has 1 saturated heterocycles. The zero-order valence-electron chi connectivity index (χ0n) is 18.3. The second kappa shape index (κ2) is 12.2. The largest absolute Gasteiger partial charge is 0.480 e. The summed E-state index contributed by atoms with van der Waals surface area (Å²) < 4.78 is 0. The van der Waals surface area contributed by atoms with Gasteiger partial charge in [-0.2, -0.15) is 0 Å². The number of imidazole rings is 1. The van der Waals surface area contributed by atoms with Gasteiger partial charge in [-0.1, -0.05) is 20.3 Å². The Morgan fingerprint density at radius 1 is 1.19 bits per heavy atom. The van der Waals surface area contributed by atoms with E-state index >= 15 is 0 Å². The molecule has 1 fully saturated rings. The molecule has 1 aromatic rings. The number of rotatable bonds is 12. The average molecular weight is 453 g/mol. The van der Waals surface area contributed by atoms with Crippen molar-refractivity contribution in [2.24, 2.45) is 5.92 Å². The molecule has 3 amide bonds. The number of carboxylic acids is 1. The highest BCUT2D eigenvalue weighted by Crippen LogP contribution is 2.11. The maximum absolute atomic E-state index is 12.9. The van der Waals surface area contributed by atoms with Gasteiger partial charge in [0.1, 0.15) is 18.1 Å². The summed E-state index contributed by atoms with van der Waals surface area (Å²) >= 11 is 0. The number of aliphatic carboxylic acids is 1. The molecular formula is C20H32N6O6. The third kappa shape index (κ3) is 7.02. The highest BCUT2D eigenvalue weighted by molar-refractivity contribution is 5.94. The summed E-state index contributed by atoms with van der Waals surface area (Å²) in [5.41, 5.74) is 0.502. The summed E-state index contributed by atoms with van der Waals surface area (Å²) in [5.74, 6) is -3.27. The van der Waals surface area contributed by atoms with Gasteiger partial charge in [0.05, 0.1) is 19.0 Å². The van der Waals surface area contributed by atoms with E-state index in [4.69, 9.17) is 0 Å². The quantitative estimate of drug-likeness (QED) is 0.195. The predicted molar refractivity (Wildman–Crippen MR) is 113 cm³/mol.